The van der Waals surface area contributed by atoms with E-state index < -0.39 is 33.7 Å². The molecule has 1 atom stereocenters. The number of hydrogen-bond acceptors (Lipinski definition) is 7. The topological polar surface area (TPSA) is 102 Å². The van der Waals surface area contributed by atoms with Crippen LogP contribution in [0.4, 0.5) is 9.59 Å². The second-order valence-electron chi connectivity index (χ2n) is 9.37. The third-order valence-corrected chi connectivity index (χ3v) is 6.40. The number of carbonyl (C=O) groups excluding carboxylic acids is 2. The van der Waals surface area contributed by atoms with Crippen molar-refractivity contribution < 1.29 is 32.2 Å². The summed E-state index contributed by atoms with van der Waals surface area (Å²) in [4.78, 5) is 28.8. The van der Waals surface area contributed by atoms with Crippen LogP contribution in [0.1, 0.15) is 26.3 Å². The Kier molecular flexibility index (Phi) is 8.26. The minimum absolute atomic E-state index is 0.0813. The van der Waals surface area contributed by atoms with Crippen LogP contribution in [0.25, 0.3) is 0 Å². The smallest absolute Gasteiger partial charge is 0.410 e. The number of hydrogen-bond donors (Lipinski definition) is 0. The SMILES string of the molecule is CC(C)(C)OC(=O)N1CCN(C(=O)OCc2ccccc2)C(COc2ccc(S(C)(=O)=O)cc2)C1. The summed E-state index contributed by atoms with van der Waals surface area (Å²) in [7, 11) is -3.32. The Hall–Kier alpha value is -3.27. The van der Waals surface area contributed by atoms with Gasteiger partial charge in [0.1, 0.15) is 24.6 Å². The van der Waals surface area contributed by atoms with Crippen molar-refractivity contribution in [2.45, 2.75) is 43.9 Å². The molecule has 10 heteroatoms. The fourth-order valence-electron chi connectivity index (χ4n) is 3.51. The average molecular weight is 505 g/mol. The van der Waals surface area contributed by atoms with Crippen LogP contribution >= 0.6 is 0 Å². The highest BCUT2D eigenvalue weighted by atomic mass is 32.2. The predicted octanol–water partition coefficient (Wildman–Crippen LogP) is 3.73. The van der Waals surface area contributed by atoms with Gasteiger partial charge in [0.15, 0.2) is 9.84 Å². The summed E-state index contributed by atoms with van der Waals surface area (Å²) in [6.45, 7) is 6.36. The molecule has 0 saturated carbocycles. The largest absolute Gasteiger partial charge is 0.491 e. The number of rotatable bonds is 6. The second kappa shape index (κ2) is 11.0. The zero-order valence-electron chi connectivity index (χ0n) is 20.5. The molecule has 0 aliphatic carbocycles. The van der Waals surface area contributed by atoms with Gasteiger partial charge in [-0.3, -0.25) is 4.90 Å². The Morgan fingerprint density at radius 1 is 0.971 bits per heavy atom. The zero-order valence-corrected chi connectivity index (χ0v) is 21.3. The Morgan fingerprint density at radius 3 is 2.23 bits per heavy atom. The first-order valence-corrected chi connectivity index (χ1v) is 13.2. The molecule has 2 aromatic carbocycles. The van der Waals surface area contributed by atoms with Gasteiger partial charge in [0, 0.05) is 25.9 Å². The molecule has 0 N–H and O–H groups in total. The summed E-state index contributed by atoms with van der Waals surface area (Å²) in [5, 5.41) is 0. The van der Waals surface area contributed by atoms with E-state index in [0.29, 0.717) is 12.3 Å². The number of benzene rings is 2. The first-order chi connectivity index (χ1) is 16.4. The van der Waals surface area contributed by atoms with Gasteiger partial charge in [-0.2, -0.15) is 0 Å². The molecule has 9 nitrogen and oxygen atoms in total. The van der Waals surface area contributed by atoms with Gasteiger partial charge in [0.2, 0.25) is 0 Å². The zero-order chi connectivity index (χ0) is 25.6. The maximum absolute atomic E-state index is 12.9. The van der Waals surface area contributed by atoms with Crippen LogP contribution in [0.15, 0.2) is 59.5 Å². The summed E-state index contributed by atoms with van der Waals surface area (Å²) in [6.07, 6.45) is 0.172. The van der Waals surface area contributed by atoms with Crippen LogP contribution in [-0.2, 0) is 25.9 Å². The lowest BCUT2D eigenvalue weighted by Crippen LogP contribution is -2.59. The monoisotopic (exact) mass is 504 g/mol. The van der Waals surface area contributed by atoms with Gasteiger partial charge in [0.25, 0.3) is 0 Å². The molecule has 1 unspecified atom stereocenters. The number of nitrogens with zero attached hydrogens (tertiary/aromatic N) is 2. The van der Waals surface area contributed by atoms with Crippen molar-refractivity contribution in [3.8, 4) is 5.75 Å². The fraction of sp³-hybridized carbons (Fsp3) is 0.440. The maximum Gasteiger partial charge on any atom is 0.410 e. The van der Waals surface area contributed by atoms with Crippen molar-refractivity contribution in [2.75, 3.05) is 32.5 Å². The van der Waals surface area contributed by atoms with E-state index in [1.165, 1.54) is 12.1 Å². The van der Waals surface area contributed by atoms with Crippen molar-refractivity contribution >= 4 is 22.0 Å². The van der Waals surface area contributed by atoms with E-state index in [4.69, 9.17) is 14.2 Å². The van der Waals surface area contributed by atoms with E-state index in [1.54, 1.807) is 42.7 Å². The summed E-state index contributed by atoms with van der Waals surface area (Å²) < 4.78 is 40.2. The molecular weight excluding hydrogens is 472 g/mol. The van der Waals surface area contributed by atoms with Crippen LogP contribution in [0.2, 0.25) is 0 Å². The molecule has 2 amide bonds. The Balaban J connectivity index is 1.69. The molecule has 35 heavy (non-hydrogen) atoms. The van der Waals surface area contributed by atoms with Crippen LogP contribution in [0.5, 0.6) is 5.75 Å². The van der Waals surface area contributed by atoms with E-state index in [0.717, 1.165) is 11.8 Å². The van der Waals surface area contributed by atoms with Gasteiger partial charge in [-0.15, -0.1) is 0 Å². The second-order valence-corrected chi connectivity index (χ2v) is 11.4. The van der Waals surface area contributed by atoms with Crippen molar-refractivity contribution in [1.29, 1.82) is 0 Å². The molecule has 1 aliphatic heterocycles. The predicted molar refractivity (Wildman–Crippen MR) is 130 cm³/mol. The fourth-order valence-corrected chi connectivity index (χ4v) is 4.14. The molecule has 2 aromatic rings. The minimum atomic E-state index is -3.32. The Bertz CT molecular complexity index is 1110. The van der Waals surface area contributed by atoms with E-state index in [-0.39, 0.29) is 31.2 Å². The third kappa shape index (κ3) is 7.88. The first-order valence-electron chi connectivity index (χ1n) is 11.3. The number of amides is 2. The van der Waals surface area contributed by atoms with Crippen LogP contribution in [-0.4, -0.2) is 74.5 Å². The van der Waals surface area contributed by atoms with E-state index in [2.05, 4.69) is 0 Å². The molecule has 0 bridgehead atoms. The van der Waals surface area contributed by atoms with Crippen molar-refractivity contribution in [1.82, 2.24) is 9.80 Å². The maximum atomic E-state index is 12.9. The van der Waals surface area contributed by atoms with Crippen molar-refractivity contribution in [3.63, 3.8) is 0 Å². The molecule has 0 spiro atoms. The molecule has 1 fully saturated rings. The standard InChI is InChI=1S/C25H32N2O7S/c1-25(2,3)34-23(28)26-14-15-27(24(29)33-17-19-8-6-5-7-9-19)20(16-26)18-32-21-10-12-22(13-11-21)35(4,30)31/h5-13,20H,14-18H2,1-4H3. The highest BCUT2D eigenvalue weighted by molar-refractivity contribution is 7.90. The highest BCUT2D eigenvalue weighted by Gasteiger charge is 2.35. The van der Waals surface area contributed by atoms with Gasteiger partial charge in [0.05, 0.1) is 10.9 Å². The van der Waals surface area contributed by atoms with Crippen LogP contribution in [0.3, 0.4) is 0 Å². The van der Waals surface area contributed by atoms with Crippen molar-refractivity contribution in [2.24, 2.45) is 0 Å². The van der Waals surface area contributed by atoms with Gasteiger partial charge in [-0.1, -0.05) is 30.3 Å². The quantitative estimate of drug-likeness (QED) is 0.591. The normalized spacial score (nSPS) is 16.5. The van der Waals surface area contributed by atoms with E-state index >= 15 is 0 Å². The lowest BCUT2D eigenvalue weighted by atomic mass is 10.2. The number of sulfone groups is 1. The summed E-state index contributed by atoms with van der Waals surface area (Å²) in [5.74, 6) is 0.449. The van der Waals surface area contributed by atoms with E-state index in [1.807, 2.05) is 30.3 Å². The van der Waals surface area contributed by atoms with Crippen LogP contribution < -0.4 is 4.74 Å². The van der Waals surface area contributed by atoms with Gasteiger partial charge >= 0.3 is 12.2 Å². The molecule has 1 aliphatic rings. The number of carbonyl (C=O) groups is 2. The molecule has 1 saturated heterocycles. The first kappa shape index (κ1) is 26.3. The molecule has 1 heterocycles. The lowest BCUT2D eigenvalue weighted by molar-refractivity contribution is -0.00496. The molecule has 190 valence electrons. The number of ether oxygens (including phenoxy) is 3. The average Bonchev–Trinajstić information content (AvgIpc) is 2.80. The third-order valence-electron chi connectivity index (χ3n) is 5.27. The minimum Gasteiger partial charge on any atom is -0.491 e. The lowest BCUT2D eigenvalue weighted by Gasteiger charge is -2.40. The Morgan fingerprint density at radius 2 is 1.63 bits per heavy atom. The van der Waals surface area contributed by atoms with E-state index in [9.17, 15) is 18.0 Å². The van der Waals surface area contributed by atoms with Crippen molar-refractivity contribution in [3.05, 3.63) is 60.2 Å². The van der Waals surface area contributed by atoms with Gasteiger partial charge in [-0.05, 0) is 50.6 Å². The highest BCUT2D eigenvalue weighted by Crippen LogP contribution is 2.20. The summed E-state index contributed by atoms with van der Waals surface area (Å²) in [6, 6.07) is 14.9. The summed E-state index contributed by atoms with van der Waals surface area (Å²) >= 11 is 0. The molecular formula is C25H32N2O7S. The molecule has 3 rings (SSSR count). The number of piperazine rings is 1. The van der Waals surface area contributed by atoms with Gasteiger partial charge in [-0.25, -0.2) is 18.0 Å². The Labute approximate surface area is 206 Å². The van der Waals surface area contributed by atoms with Crippen LogP contribution in [0, 0.1) is 0 Å². The summed E-state index contributed by atoms with van der Waals surface area (Å²) in [5.41, 5.74) is 0.225. The molecule has 0 radical (unpaired) electrons. The molecule has 0 aromatic heterocycles. The van der Waals surface area contributed by atoms with Gasteiger partial charge < -0.3 is 19.1 Å².